The summed E-state index contributed by atoms with van der Waals surface area (Å²) in [7, 11) is 0. The standard InChI is InChI=1S/C15H16F3N3O3/c1-4-9-12(15(16,17)18)21-24-14(9)20-11(22)6-10-7(2)5-8(3)19-13(10)23/h5H,4,6H2,1-3H3,(H,19,23)(H,20,22). The van der Waals surface area contributed by atoms with Crippen molar-refractivity contribution in [3.63, 3.8) is 0 Å². The van der Waals surface area contributed by atoms with Crippen LogP contribution in [0.3, 0.4) is 0 Å². The number of rotatable bonds is 4. The summed E-state index contributed by atoms with van der Waals surface area (Å²) in [5, 5.41) is 5.23. The number of anilines is 1. The lowest BCUT2D eigenvalue weighted by atomic mass is 10.1. The first-order chi connectivity index (χ1) is 11.1. The number of aromatic amines is 1. The lowest BCUT2D eigenvalue weighted by molar-refractivity contribution is -0.143. The Hall–Kier alpha value is -2.58. The maximum Gasteiger partial charge on any atom is 0.437 e. The molecule has 24 heavy (non-hydrogen) atoms. The van der Waals surface area contributed by atoms with Crippen LogP contribution in [-0.4, -0.2) is 16.0 Å². The van der Waals surface area contributed by atoms with E-state index in [2.05, 4.69) is 20.0 Å². The van der Waals surface area contributed by atoms with Crippen LogP contribution in [0.15, 0.2) is 15.4 Å². The van der Waals surface area contributed by atoms with Gasteiger partial charge >= 0.3 is 6.18 Å². The number of hydrogen-bond acceptors (Lipinski definition) is 4. The minimum absolute atomic E-state index is 0.0158. The van der Waals surface area contributed by atoms with E-state index in [1.807, 2.05) is 0 Å². The SMILES string of the molecule is CCc1c(C(F)(F)F)noc1NC(=O)Cc1c(C)cc(C)[nH]c1=O. The summed E-state index contributed by atoms with van der Waals surface area (Å²) in [5.41, 5.74) is -0.288. The molecule has 0 aromatic carbocycles. The number of aromatic nitrogens is 2. The molecule has 0 saturated carbocycles. The second-order valence-corrected chi connectivity index (χ2v) is 5.36. The van der Waals surface area contributed by atoms with Crippen LogP contribution in [0.1, 0.15) is 35.0 Å². The van der Waals surface area contributed by atoms with E-state index in [1.54, 1.807) is 19.9 Å². The Balaban J connectivity index is 2.23. The van der Waals surface area contributed by atoms with E-state index in [9.17, 15) is 22.8 Å². The number of aryl methyl sites for hydroxylation is 2. The Morgan fingerprint density at radius 2 is 2.00 bits per heavy atom. The maximum atomic E-state index is 12.8. The molecule has 130 valence electrons. The molecule has 2 aromatic heterocycles. The van der Waals surface area contributed by atoms with Crippen molar-refractivity contribution in [2.24, 2.45) is 0 Å². The van der Waals surface area contributed by atoms with Gasteiger partial charge in [0.1, 0.15) is 0 Å². The summed E-state index contributed by atoms with van der Waals surface area (Å²) in [6.45, 7) is 4.88. The van der Waals surface area contributed by atoms with Gasteiger partial charge in [-0.2, -0.15) is 13.2 Å². The molecule has 0 bridgehead atoms. The van der Waals surface area contributed by atoms with E-state index in [0.29, 0.717) is 11.3 Å². The molecule has 0 aliphatic carbocycles. The fraction of sp³-hybridized carbons (Fsp3) is 0.400. The predicted molar refractivity (Wildman–Crippen MR) is 79.8 cm³/mol. The molecule has 0 aliphatic heterocycles. The molecule has 0 saturated heterocycles. The average Bonchev–Trinajstić information content (AvgIpc) is 2.85. The third-order valence-corrected chi connectivity index (χ3v) is 3.49. The smallest absolute Gasteiger partial charge is 0.338 e. The van der Waals surface area contributed by atoms with E-state index in [1.165, 1.54) is 6.92 Å². The van der Waals surface area contributed by atoms with Crippen molar-refractivity contribution >= 4 is 11.8 Å². The molecule has 0 aliphatic rings. The first-order valence-corrected chi connectivity index (χ1v) is 7.18. The van der Waals surface area contributed by atoms with Gasteiger partial charge in [-0.15, -0.1) is 0 Å². The number of pyridine rings is 1. The highest BCUT2D eigenvalue weighted by Gasteiger charge is 2.39. The largest absolute Gasteiger partial charge is 0.437 e. The zero-order valence-electron chi connectivity index (χ0n) is 13.3. The van der Waals surface area contributed by atoms with Crippen molar-refractivity contribution in [3.8, 4) is 0 Å². The minimum Gasteiger partial charge on any atom is -0.338 e. The molecule has 9 heteroatoms. The van der Waals surface area contributed by atoms with Crippen molar-refractivity contribution in [1.29, 1.82) is 0 Å². The van der Waals surface area contributed by atoms with E-state index in [-0.39, 0.29) is 29.9 Å². The first kappa shape index (κ1) is 17.8. The van der Waals surface area contributed by atoms with E-state index in [0.717, 1.165) is 0 Å². The van der Waals surface area contributed by atoms with Crippen LogP contribution < -0.4 is 10.9 Å². The van der Waals surface area contributed by atoms with Crippen LogP contribution in [0.2, 0.25) is 0 Å². The number of halogens is 3. The number of carbonyl (C=O) groups is 1. The molecular formula is C15H16F3N3O3. The highest BCUT2D eigenvalue weighted by molar-refractivity contribution is 5.91. The number of H-pyrrole nitrogens is 1. The van der Waals surface area contributed by atoms with E-state index >= 15 is 0 Å². The molecule has 0 fully saturated rings. The first-order valence-electron chi connectivity index (χ1n) is 7.18. The van der Waals surface area contributed by atoms with Crippen LogP contribution in [0.5, 0.6) is 0 Å². The third kappa shape index (κ3) is 3.66. The van der Waals surface area contributed by atoms with Crippen molar-refractivity contribution in [1.82, 2.24) is 10.1 Å². The van der Waals surface area contributed by atoms with Crippen LogP contribution in [0, 0.1) is 13.8 Å². The van der Waals surface area contributed by atoms with Gasteiger partial charge in [-0.3, -0.25) is 14.9 Å². The quantitative estimate of drug-likeness (QED) is 0.893. The fourth-order valence-electron chi connectivity index (χ4n) is 2.39. The monoisotopic (exact) mass is 343 g/mol. The zero-order valence-corrected chi connectivity index (χ0v) is 13.3. The lowest BCUT2D eigenvalue weighted by Gasteiger charge is -2.07. The lowest BCUT2D eigenvalue weighted by Crippen LogP contribution is -2.23. The zero-order chi connectivity index (χ0) is 18.1. The number of nitrogens with zero attached hydrogens (tertiary/aromatic N) is 1. The highest BCUT2D eigenvalue weighted by Crippen LogP contribution is 2.34. The summed E-state index contributed by atoms with van der Waals surface area (Å²) < 4.78 is 43.0. The summed E-state index contributed by atoms with van der Waals surface area (Å²) in [4.78, 5) is 26.5. The van der Waals surface area contributed by atoms with Gasteiger partial charge in [0.15, 0.2) is 5.69 Å². The van der Waals surface area contributed by atoms with E-state index < -0.39 is 23.3 Å². The predicted octanol–water partition coefficient (Wildman–Crippen LogP) is 2.74. The molecule has 0 atom stereocenters. The fourth-order valence-corrected chi connectivity index (χ4v) is 2.39. The van der Waals surface area contributed by atoms with Gasteiger partial charge in [0.05, 0.1) is 6.42 Å². The van der Waals surface area contributed by atoms with Crippen molar-refractivity contribution in [3.05, 3.63) is 44.5 Å². The van der Waals surface area contributed by atoms with Crippen molar-refractivity contribution in [2.45, 2.75) is 39.8 Å². The van der Waals surface area contributed by atoms with Crippen LogP contribution >= 0.6 is 0 Å². The summed E-state index contributed by atoms with van der Waals surface area (Å²) in [5.74, 6) is -1.01. The summed E-state index contributed by atoms with van der Waals surface area (Å²) >= 11 is 0. The van der Waals surface area contributed by atoms with Crippen molar-refractivity contribution < 1.29 is 22.5 Å². The third-order valence-electron chi connectivity index (χ3n) is 3.49. The molecule has 2 rings (SSSR count). The van der Waals surface area contributed by atoms with Crippen LogP contribution in [0.25, 0.3) is 0 Å². The molecule has 6 nitrogen and oxygen atoms in total. The number of hydrogen-bond donors (Lipinski definition) is 2. The Labute approximate surface area is 135 Å². The summed E-state index contributed by atoms with van der Waals surface area (Å²) in [6.07, 6.45) is -4.97. The molecule has 0 unspecified atom stereocenters. The molecule has 2 heterocycles. The van der Waals surface area contributed by atoms with Gasteiger partial charge in [0.25, 0.3) is 5.56 Å². The second kappa shape index (κ2) is 6.50. The molecule has 2 aromatic rings. The van der Waals surface area contributed by atoms with Gasteiger partial charge in [-0.1, -0.05) is 12.1 Å². The Morgan fingerprint density at radius 1 is 1.33 bits per heavy atom. The van der Waals surface area contributed by atoms with Gasteiger partial charge in [-0.05, 0) is 31.9 Å². The highest BCUT2D eigenvalue weighted by atomic mass is 19.4. The van der Waals surface area contributed by atoms with E-state index in [4.69, 9.17) is 0 Å². The Bertz CT molecular complexity index is 822. The van der Waals surface area contributed by atoms with Crippen molar-refractivity contribution in [2.75, 3.05) is 5.32 Å². The minimum atomic E-state index is -4.66. The van der Waals surface area contributed by atoms with Crippen LogP contribution in [-0.2, 0) is 23.8 Å². The second-order valence-electron chi connectivity index (χ2n) is 5.36. The topological polar surface area (TPSA) is 88.0 Å². The number of alkyl halides is 3. The molecule has 2 N–H and O–H groups in total. The average molecular weight is 343 g/mol. The Morgan fingerprint density at radius 3 is 2.54 bits per heavy atom. The molecular weight excluding hydrogens is 327 g/mol. The number of nitrogens with one attached hydrogen (secondary N) is 2. The summed E-state index contributed by atoms with van der Waals surface area (Å²) in [6, 6.07) is 1.71. The maximum absolute atomic E-state index is 12.8. The number of carbonyl (C=O) groups excluding carboxylic acids is 1. The molecule has 0 radical (unpaired) electrons. The normalized spacial score (nSPS) is 11.6. The van der Waals surface area contributed by atoms with Gasteiger partial charge in [0.2, 0.25) is 11.8 Å². The number of amides is 1. The van der Waals surface area contributed by atoms with Gasteiger partial charge in [0, 0.05) is 16.8 Å². The Kier molecular flexibility index (Phi) is 4.81. The molecule has 0 spiro atoms. The van der Waals surface area contributed by atoms with Gasteiger partial charge in [-0.25, -0.2) is 0 Å². The molecule has 1 amide bonds. The van der Waals surface area contributed by atoms with Gasteiger partial charge < -0.3 is 9.51 Å². The van der Waals surface area contributed by atoms with Crippen LogP contribution in [0.4, 0.5) is 19.1 Å².